The fourth-order valence-corrected chi connectivity index (χ4v) is 2.62. The fraction of sp³-hybridized carbons (Fsp3) is 0.188. The van der Waals surface area contributed by atoms with Gasteiger partial charge in [-0.25, -0.2) is 9.78 Å². The van der Waals surface area contributed by atoms with E-state index in [1.54, 1.807) is 6.07 Å². The lowest BCUT2D eigenvalue weighted by atomic mass is 10.1. The Bertz CT molecular complexity index is 955. The van der Waals surface area contributed by atoms with Crippen LogP contribution in [0.4, 0.5) is 0 Å². The van der Waals surface area contributed by atoms with Crippen LogP contribution >= 0.6 is 0 Å². The maximum absolute atomic E-state index is 12.6. The summed E-state index contributed by atoms with van der Waals surface area (Å²) in [4.78, 5) is 28.1. The summed E-state index contributed by atoms with van der Waals surface area (Å²) in [6, 6.07) is 8.79. The van der Waals surface area contributed by atoms with Gasteiger partial charge in [-0.15, -0.1) is 0 Å². The van der Waals surface area contributed by atoms with Crippen LogP contribution in [0.15, 0.2) is 41.3 Å². The summed E-state index contributed by atoms with van der Waals surface area (Å²) in [5, 5.41) is 9.58. The molecule has 1 aromatic carbocycles. The fourth-order valence-electron chi connectivity index (χ4n) is 2.62. The van der Waals surface area contributed by atoms with E-state index in [1.807, 2.05) is 18.2 Å². The molecule has 4 rings (SSSR count). The third-order valence-electron chi connectivity index (χ3n) is 3.93. The minimum atomic E-state index is -1.06. The lowest BCUT2D eigenvalue weighted by Crippen LogP contribution is -2.16. The van der Waals surface area contributed by atoms with Crippen LogP contribution in [-0.4, -0.2) is 20.5 Å². The van der Waals surface area contributed by atoms with E-state index >= 15 is 0 Å². The number of aromatic carboxylic acids is 1. The van der Waals surface area contributed by atoms with Crippen LogP contribution in [0, 0.1) is 0 Å². The number of hydrogen-bond acceptors (Lipinski definition) is 3. The third-order valence-corrected chi connectivity index (χ3v) is 3.93. The lowest BCUT2D eigenvalue weighted by Gasteiger charge is -2.06. The highest BCUT2D eigenvalue weighted by Gasteiger charge is 2.24. The highest BCUT2D eigenvalue weighted by Crippen LogP contribution is 2.40. The van der Waals surface area contributed by atoms with Crippen LogP contribution in [0.3, 0.4) is 0 Å². The molecule has 1 N–H and O–H groups in total. The van der Waals surface area contributed by atoms with Crippen LogP contribution in [0.25, 0.3) is 16.6 Å². The van der Waals surface area contributed by atoms with Crippen LogP contribution in [0.5, 0.6) is 0 Å². The number of carbonyl (C=O) groups is 1. The van der Waals surface area contributed by atoms with E-state index in [1.165, 1.54) is 16.7 Å². The van der Waals surface area contributed by atoms with Gasteiger partial charge in [-0.1, -0.05) is 6.07 Å². The van der Waals surface area contributed by atoms with Crippen LogP contribution in [0.1, 0.15) is 34.7 Å². The summed E-state index contributed by atoms with van der Waals surface area (Å²) in [6.07, 6.45) is 3.66. The maximum atomic E-state index is 12.6. The predicted octanol–water partition coefficient (Wildman–Crippen LogP) is 2.42. The van der Waals surface area contributed by atoms with Gasteiger partial charge in [-0.2, -0.15) is 0 Å². The van der Waals surface area contributed by atoms with E-state index in [9.17, 15) is 9.59 Å². The molecule has 0 amide bonds. The van der Waals surface area contributed by atoms with E-state index in [4.69, 9.17) is 5.11 Å². The standard InChI is InChI=1S/C16H12N2O3/c19-15-12-7-10(9-1-2-9)3-5-13(12)17-14-6-4-11(16(20)21)8-18(14)15/h3-9H,1-2H2,(H,20,21). The van der Waals surface area contributed by atoms with Crippen LogP contribution in [0.2, 0.25) is 0 Å². The number of aromatic nitrogens is 2. The molecular weight excluding hydrogens is 268 g/mol. The van der Waals surface area contributed by atoms with E-state index in [0.717, 1.165) is 18.4 Å². The SMILES string of the molecule is O=C(O)c1ccc2nc3ccc(C4CC4)cc3c(=O)n2c1. The normalized spacial score (nSPS) is 14.7. The molecule has 2 aromatic heterocycles. The lowest BCUT2D eigenvalue weighted by molar-refractivity contribution is 0.0696. The molecule has 0 spiro atoms. The Kier molecular flexibility index (Phi) is 2.39. The molecule has 2 heterocycles. The minimum absolute atomic E-state index is 0.0732. The minimum Gasteiger partial charge on any atom is -0.478 e. The third kappa shape index (κ3) is 1.89. The molecule has 0 atom stereocenters. The Labute approximate surface area is 119 Å². The number of fused-ring (bicyclic) bond motifs is 2. The molecule has 1 aliphatic rings. The van der Waals surface area contributed by atoms with Crippen molar-refractivity contribution in [3.63, 3.8) is 0 Å². The van der Waals surface area contributed by atoms with Crippen molar-refractivity contribution in [1.82, 2.24) is 9.38 Å². The Hall–Kier alpha value is -2.69. The summed E-state index contributed by atoms with van der Waals surface area (Å²) in [7, 11) is 0. The first-order valence-corrected chi connectivity index (χ1v) is 6.83. The number of carboxylic acid groups (broad SMARTS) is 1. The smallest absolute Gasteiger partial charge is 0.337 e. The quantitative estimate of drug-likeness (QED) is 0.732. The number of rotatable bonds is 2. The predicted molar refractivity (Wildman–Crippen MR) is 77.9 cm³/mol. The average molecular weight is 280 g/mol. The maximum Gasteiger partial charge on any atom is 0.337 e. The molecule has 1 fully saturated rings. The monoisotopic (exact) mass is 280 g/mol. The number of pyridine rings is 1. The molecule has 0 unspecified atom stereocenters. The van der Waals surface area contributed by atoms with Crippen molar-refractivity contribution in [1.29, 1.82) is 0 Å². The van der Waals surface area contributed by atoms with Crippen LogP contribution < -0.4 is 5.56 Å². The van der Waals surface area contributed by atoms with Crippen molar-refractivity contribution < 1.29 is 9.90 Å². The zero-order chi connectivity index (χ0) is 14.6. The second-order valence-corrected chi connectivity index (χ2v) is 5.42. The van der Waals surface area contributed by atoms with E-state index < -0.39 is 5.97 Å². The molecule has 5 nitrogen and oxygen atoms in total. The van der Waals surface area contributed by atoms with E-state index in [2.05, 4.69) is 4.98 Å². The molecule has 5 heteroatoms. The second kappa shape index (κ2) is 4.15. The van der Waals surface area contributed by atoms with Gasteiger partial charge in [-0.05, 0) is 48.6 Å². The summed E-state index contributed by atoms with van der Waals surface area (Å²) >= 11 is 0. The van der Waals surface area contributed by atoms with Gasteiger partial charge in [0.1, 0.15) is 5.65 Å². The van der Waals surface area contributed by atoms with Crippen molar-refractivity contribution in [2.45, 2.75) is 18.8 Å². The molecule has 21 heavy (non-hydrogen) atoms. The van der Waals surface area contributed by atoms with Gasteiger partial charge < -0.3 is 5.11 Å². The Morgan fingerprint density at radius 3 is 2.76 bits per heavy atom. The molecule has 1 saturated carbocycles. The van der Waals surface area contributed by atoms with Gasteiger partial charge >= 0.3 is 5.97 Å². The number of carboxylic acids is 1. The van der Waals surface area contributed by atoms with Crippen molar-refractivity contribution >= 4 is 22.5 Å². The highest BCUT2D eigenvalue weighted by atomic mass is 16.4. The molecule has 104 valence electrons. The molecule has 0 aliphatic heterocycles. The van der Waals surface area contributed by atoms with Gasteiger partial charge in [-0.3, -0.25) is 9.20 Å². The summed E-state index contributed by atoms with van der Waals surface area (Å²) in [5.74, 6) is -0.504. The molecule has 0 bridgehead atoms. The largest absolute Gasteiger partial charge is 0.478 e. The first-order valence-electron chi connectivity index (χ1n) is 6.83. The average Bonchev–Trinajstić information content (AvgIpc) is 3.31. The summed E-state index contributed by atoms with van der Waals surface area (Å²) < 4.78 is 1.31. The topological polar surface area (TPSA) is 71.7 Å². The molecule has 0 saturated heterocycles. The number of benzene rings is 1. The Morgan fingerprint density at radius 1 is 1.24 bits per heavy atom. The summed E-state index contributed by atoms with van der Waals surface area (Å²) in [6.45, 7) is 0. The second-order valence-electron chi connectivity index (χ2n) is 5.42. The van der Waals surface area contributed by atoms with Crippen molar-refractivity contribution in [3.05, 3.63) is 58.0 Å². The van der Waals surface area contributed by atoms with E-state index in [-0.39, 0.29) is 11.1 Å². The van der Waals surface area contributed by atoms with Gasteiger partial charge in [0.15, 0.2) is 0 Å². The van der Waals surface area contributed by atoms with Crippen LogP contribution in [-0.2, 0) is 0 Å². The zero-order valence-electron chi connectivity index (χ0n) is 11.1. The molecular formula is C16H12N2O3. The summed E-state index contributed by atoms with van der Waals surface area (Å²) in [5.41, 5.74) is 2.12. The number of nitrogens with zero attached hydrogens (tertiary/aromatic N) is 2. The Balaban J connectivity index is 2.05. The molecule has 1 aliphatic carbocycles. The Morgan fingerprint density at radius 2 is 2.05 bits per heavy atom. The molecule has 3 aromatic rings. The van der Waals surface area contributed by atoms with Crippen molar-refractivity contribution in [3.8, 4) is 0 Å². The van der Waals surface area contributed by atoms with Crippen molar-refractivity contribution in [2.75, 3.05) is 0 Å². The van der Waals surface area contributed by atoms with Gasteiger partial charge in [0.25, 0.3) is 5.56 Å². The van der Waals surface area contributed by atoms with Gasteiger partial charge in [0.05, 0.1) is 16.5 Å². The first kappa shape index (κ1) is 12.1. The van der Waals surface area contributed by atoms with Crippen molar-refractivity contribution in [2.24, 2.45) is 0 Å². The first-order chi connectivity index (χ1) is 10.1. The van der Waals surface area contributed by atoms with Gasteiger partial charge in [0.2, 0.25) is 0 Å². The number of hydrogen-bond donors (Lipinski definition) is 1. The highest BCUT2D eigenvalue weighted by molar-refractivity contribution is 5.88. The molecule has 0 radical (unpaired) electrons. The van der Waals surface area contributed by atoms with Gasteiger partial charge in [0, 0.05) is 6.20 Å². The van der Waals surface area contributed by atoms with E-state index in [0.29, 0.717) is 22.5 Å². The zero-order valence-corrected chi connectivity index (χ0v) is 11.1.